The molecule has 0 saturated carbocycles. The summed E-state index contributed by atoms with van der Waals surface area (Å²) in [5.74, 6) is 0.799. The summed E-state index contributed by atoms with van der Waals surface area (Å²) in [4.78, 5) is 18.3. The van der Waals surface area contributed by atoms with Gasteiger partial charge >= 0.3 is 0 Å². The van der Waals surface area contributed by atoms with E-state index in [1.807, 2.05) is 12.1 Å². The molecular weight excluding hydrogens is 238 g/mol. The van der Waals surface area contributed by atoms with Crippen LogP contribution < -0.4 is 5.32 Å². The number of nitrogens with one attached hydrogen (secondary N) is 1. The predicted octanol–water partition coefficient (Wildman–Crippen LogP) is 1.93. The van der Waals surface area contributed by atoms with Gasteiger partial charge in [0.1, 0.15) is 5.69 Å². The minimum atomic E-state index is -0.0760. The van der Waals surface area contributed by atoms with Gasteiger partial charge in [-0.2, -0.15) is 0 Å². The summed E-state index contributed by atoms with van der Waals surface area (Å²) in [6.45, 7) is 6.53. The summed E-state index contributed by atoms with van der Waals surface area (Å²) in [7, 11) is 0. The molecule has 1 N–H and O–H groups in total. The van der Waals surface area contributed by atoms with Gasteiger partial charge in [0.15, 0.2) is 0 Å². The average Bonchev–Trinajstić information content (AvgIpc) is 2.46. The summed E-state index contributed by atoms with van der Waals surface area (Å²) < 4.78 is 0. The zero-order chi connectivity index (χ0) is 13.5. The van der Waals surface area contributed by atoms with Crippen LogP contribution in [0.15, 0.2) is 24.4 Å². The van der Waals surface area contributed by atoms with Crippen LogP contribution in [-0.4, -0.2) is 42.0 Å². The van der Waals surface area contributed by atoms with Crippen LogP contribution in [0.5, 0.6) is 0 Å². The molecule has 0 unspecified atom stereocenters. The van der Waals surface area contributed by atoms with Gasteiger partial charge in [-0.25, -0.2) is 0 Å². The highest BCUT2D eigenvalue weighted by Crippen LogP contribution is 2.15. The number of carbonyl (C=O) groups is 1. The van der Waals surface area contributed by atoms with Gasteiger partial charge in [0.2, 0.25) is 0 Å². The second kappa shape index (κ2) is 7.24. The topological polar surface area (TPSA) is 45.2 Å². The van der Waals surface area contributed by atoms with Crippen LogP contribution in [0.4, 0.5) is 0 Å². The number of hydrogen-bond donors (Lipinski definition) is 1. The third-order valence-electron chi connectivity index (χ3n) is 3.71. The van der Waals surface area contributed by atoms with Crippen LogP contribution in [-0.2, 0) is 0 Å². The maximum absolute atomic E-state index is 11.8. The Bertz CT molecular complexity index is 386. The number of pyridine rings is 1. The van der Waals surface area contributed by atoms with Crippen LogP contribution in [0.3, 0.4) is 0 Å². The molecule has 0 radical (unpaired) electrons. The van der Waals surface area contributed by atoms with E-state index in [0.29, 0.717) is 5.69 Å². The molecule has 4 nitrogen and oxygen atoms in total. The van der Waals surface area contributed by atoms with Gasteiger partial charge in [-0.1, -0.05) is 13.0 Å². The first kappa shape index (κ1) is 14.0. The highest BCUT2D eigenvalue weighted by atomic mass is 16.1. The highest BCUT2D eigenvalue weighted by Gasteiger charge is 2.14. The standard InChI is InChI=1S/C15H23N3O/c1-13-6-11-18(12-7-13)10-4-9-17-15(19)14-5-2-3-8-16-14/h2-3,5,8,13H,4,6-7,9-12H2,1H3,(H,17,19). The highest BCUT2D eigenvalue weighted by molar-refractivity contribution is 5.92. The Balaban J connectivity index is 1.61. The number of amides is 1. The van der Waals surface area contributed by atoms with Crippen molar-refractivity contribution in [3.8, 4) is 0 Å². The second-order valence-electron chi connectivity index (χ2n) is 5.35. The number of aromatic nitrogens is 1. The number of piperidine rings is 1. The minimum absolute atomic E-state index is 0.0760. The zero-order valence-corrected chi connectivity index (χ0v) is 11.6. The maximum atomic E-state index is 11.8. The summed E-state index contributed by atoms with van der Waals surface area (Å²) >= 11 is 0. The predicted molar refractivity (Wildman–Crippen MR) is 76.0 cm³/mol. The second-order valence-corrected chi connectivity index (χ2v) is 5.35. The van der Waals surface area contributed by atoms with Crippen LogP contribution >= 0.6 is 0 Å². The molecule has 0 aliphatic carbocycles. The Morgan fingerprint density at radius 2 is 2.21 bits per heavy atom. The first-order valence-electron chi connectivity index (χ1n) is 7.17. The molecule has 19 heavy (non-hydrogen) atoms. The monoisotopic (exact) mass is 261 g/mol. The third kappa shape index (κ3) is 4.63. The molecule has 1 aromatic heterocycles. The van der Waals surface area contributed by atoms with E-state index in [-0.39, 0.29) is 5.91 Å². The van der Waals surface area contributed by atoms with Crippen molar-refractivity contribution in [1.29, 1.82) is 0 Å². The van der Waals surface area contributed by atoms with Gasteiger partial charge in [0.25, 0.3) is 5.91 Å². The minimum Gasteiger partial charge on any atom is -0.351 e. The van der Waals surface area contributed by atoms with E-state index in [9.17, 15) is 4.79 Å². The van der Waals surface area contributed by atoms with E-state index in [0.717, 1.165) is 25.4 Å². The Labute approximate surface area is 115 Å². The van der Waals surface area contributed by atoms with Gasteiger partial charge in [-0.05, 0) is 56.9 Å². The number of hydrogen-bond acceptors (Lipinski definition) is 3. The molecule has 1 aliphatic heterocycles. The van der Waals surface area contributed by atoms with Gasteiger partial charge in [-0.15, -0.1) is 0 Å². The van der Waals surface area contributed by atoms with E-state index in [2.05, 4.69) is 22.1 Å². The molecule has 0 bridgehead atoms. The number of carbonyl (C=O) groups excluding carboxylic acids is 1. The van der Waals surface area contributed by atoms with Crippen LogP contribution in [0.25, 0.3) is 0 Å². The van der Waals surface area contributed by atoms with Crippen molar-refractivity contribution in [3.63, 3.8) is 0 Å². The molecule has 0 spiro atoms. The molecule has 2 heterocycles. The van der Waals surface area contributed by atoms with Crippen molar-refractivity contribution in [3.05, 3.63) is 30.1 Å². The Kier molecular flexibility index (Phi) is 5.33. The van der Waals surface area contributed by atoms with Gasteiger partial charge < -0.3 is 10.2 Å². The van der Waals surface area contributed by atoms with E-state index < -0.39 is 0 Å². The first-order chi connectivity index (χ1) is 9.25. The molecule has 4 heteroatoms. The SMILES string of the molecule is CC1CCN(CCCNC(=O)c2ccccn2)CC1. The Morgan fingerprint density at radius 3 is 2.89 bits per heavy atom. The molecule has 1 saturated heterocycles. The maximum Gasteiger partial charge on any atom is 0.269 e. The van der Waals surface area contributed by atoms with Crippen molar-refractivity contribution in [1.82, 2.24) is 15.2 Å². The van der Waals surface area contributed by atoms with Crippen LogP contribution in [0.1, 0.15) is 36.7 Å². The van der Waals surface area contributed by atoms with Crippen molar-refractivity contribution in [2.75, 3.05) is 26.2 Å². The fraction of sp³-hybridized carbons (Fsp3) is 0.600. The Morgan fingerprint density at radius 1 is 1.42 bits per heavy atom. The molecular formula is C15H23N3O. The summed E-state index contributed by atoms with van der Waals surface area (Å²) in [6.07, 6.45) is 5.26. The van der Waals surface area contributed by atoms with Crippen molar-refractivity contribution in [2.24, 2.45) is 5.92 Å². The largest absolute Gasteiger partial charge is 0.351 e. The lowest BCUT2D eigenvalue weighted by Crippen LogP contribution is -2.35. The molecule has 1 aliphatic rings. The van der Waals surface area contributed by atoms with E-state index >= 15 is 0 Å². The molecule has 1 amide bonds. The number of likely N-dealkylation sites (tertiary alicyclic amines) is 1. The van der Waals surface area contributed by atoms with Gasteiger partial charge in [-0.3, -0.25) is 9.78 Å². The number of rotatable bonds is 5. The summed E-state index contributed by atoms with van der Waals surface area (Å²) in [5.41, 5.74) is 0.495. The van der Waals surface area contributed by atoms with E-state index in [1.54, 1.807) is 12.3 Å². The van der Waals surface area contributed by atoms with Crippen molar-refractivity contribution >= 4 is 5.91 Å². The van der Waals surface area contributed by atoms with E-state index in [1.165, 1.54) is 25.9 Å². The lowest BCUT2D eigenvalue weighted by atomic mass is 9.99. The zero-order valence-electron chi connectivity index (χ0n) is 11.6. The summed E-state index contributed by atoms with van der Waals surface area (Å²) in [5, 5.41) is 2.92. The fourth-order valence-electron chi connectivity index (χ4n) is 2.38. The van der Waals surface area contributed by atoms with Gasteiger partial charge in [0, 0.05) is 12.7 Å². The summed E-state index contributed by atoms with van der Waals surface area (Å²) in [6, 6.07) is 5.38. The van der Waals surface area contributed by atoms with Crippen molar-refractivity contribution in [2.45, 2.75) is 26.2 Å². The van der Waals surface area contributed by atoms with Gasteiger partial charge in [0.05, 0.1) is 0 Å². The Hall–Kier alpha value is -1.42. The van der Waals surface area contributed by atoms with E-state index in [4.69, 9.17) is 0 Å². The molecule has 1 fully saturated rings. The molecule has 104 valence electrons. The molecule has 0 aromatic carbocycles. The molecule has 2 rings (SSSR count). The quantitative estimate of drug-likeness (QED) is 0.824. The molecule has 0 atom stereocenters. The average molecular weight is 261 g/mol. The van der Waals surface area contributed by atoms with Crippen LogP contribution in [0, 0.1) is 5.92 Å². The fourth-order valence-corrected chi connectivity index (χ4v) is 2.38. The third-order valence-corrected chi connectivity index (χ3v) is 3.71. The number of nitrogens with zero attached hydrogens (tertiary/aromatic N) is 2. The normalized spacial score (nSPS) is 17.3. The first-order valence-corrected chi connectivity index (χ1v) is 7.17. The lowest BCUT2D eigenvalue weighted by Gasteiger charge is -2.30. The molecule has 1 aromatic rings. The van der Waals surface area contributed by atoms with Crippen LogP contribution in [0.2, 0.25) is 0 Å². The lowest BCUT2D eigenvalue weighted by molar-refractivity contribution is 0.0945. The smallest absolute Gasteiger partial charge is 0.269 e. The van der Waals surface area contributed by atoms with Crippen molar-refractivity contribution < 1.29 is 4.79 Å².